The summed E-state index contributed by atoms with van der Waals surface area (Å²) in [6, 6.07) is 5.78. The van der Waals surface area contributed by atoms with Gasteiger partial charge >= 0.3 is 6.36 Å². The molecule has 108 valence electrons. The molecule has 1 rings (SSSR count). The Morgan fingerprint density at radius 2 is 1.74 bits per heavy atom. The summed E-state index contributed by atoms with van der Waals surface area (Å²) in [5.41, 5.74) is 0. The smallest absolute Gasteiger partial charge is 0.485 e. The molecule has 6 heteroatoms. The molecule has 0 amide bonds. The second kappa shape index (κ2) is 6.65. The molecule has 1 atom stereocenters. The second-order valence-corrected chi connectivity index (χ2v) is 4.45. The number of ether oxygens (including phenoxy) is 2. The van der Waals surface area contributed by atoms with Crippen molar-refractivity contribution < 1.29 is 22.6 Å². The molecule has 0 fully saturated rings. The number of hydrogen-bond donors (Lipinski definition) is 1. The van der Waals surface area contributed by atoms with Crippen LogP contribution in [-0.2, 0) is 0 Å². The van der Waals surface area contributed by atoms with E-state index < -0.39 is 6.36 Å². The first kappa shape index (κ1) is 15.6. The lowest BCUT2D eigenvalue weighted by Crippen LogP contribution is -2.34. The molecule has 1 unspecified atom stereocenters. The Hall–Kier alpha value is -1.43. The maximum atomic E-state index is 12.3. The topological polar surface area (TPSA) is 30.5 Å². The van der Waals surface area contributed by atoms with Gasteiger partial charge in [-0.15, -0.1) is 13.2 Å². The number of likely N-dealkylation sites (N-methyl/N-ethyl adjacent to an activating group) is 1. The SMILES string of the molecule is CNCC(Oc1ccccc1OC(F)(F)F)C(C)C. The molecule has 0 heterocycles. The van der Waals surface area contributed by atoms with Crippen molar-refractivity contribution in [1.29, 1.82) is 0 Å². The fraction of sp³-hybridized carbons (Fsp3) is 0.538. The van der Waals surface area contributed by atoms with Gasteiger partial charge in [0.15, 0.2) is 11.5 Å². The summed E-state index contributed by atoms with van der Waals surface area (Å²) in [6.07, 6.45) is -4.96. The summed E-state index contributed by atoms with van der Waals surface area (Å²) in [4.78, 5) is 0. The van der Waals surface area contributed by atoms with Crippen LogP contribution in [0.2, 0.25) is 0 Å². The van der Waals surface area contributed by atoms with E-state index in [1.165, 1.54) is 18.2 Å². The first-order chi connectivity index (χ1) is 8.83. The van der Waals surface area contributed by atoms with Crippen molar-refractivity contribution in [2.75, 3.05) is 13.6 Å². The number of benzene rings is 1. The van der Waals surface area contributed by atoms with Crippen molar-refractivity contribution in [3.8, 4) is 11.5 Å². The minimum Gasteiger partial charge on any atom is -0.485 e. The molecular weight excluding hydrogens is 259 g/mol. The molecule has 1 aromatic carbocycles. The largest absolute Gasteiger partial charge is 0.573 e. The molecule has 0 spiro atoms. The Kier molecular flexibility index (Phi) is 5.47. The Morgan fingerprint density at radius 1 is 1.16 bits per heavy atom. The molecule has 0 bridgehead atoms. The number of halogens is 3. The van der Waals surface area contributed by atoms with Crippen LogP contribution in [0.4, 0.5) is 13.2 Å². The number of nitrogens with one attached hydrogen (secondary N) is 1. The van der Waals surface area contributed by atoms with Crippen LogP contribution in [0.1, 0.15) is 13.8 Å². The van der Waals surface area contributed by atoms with Gasteiger partial charge in [-0.25, -0.2) is 0 Å². The zero-order valence-corrected chi connectivity index (χ0v) is 11.1. The van der Waals surface area contributed by atoms with E-state index >= 15 is 0 Å². The van der Waals surface area contributed by atoms with Crippen LogP contribution < -0.4 is 14.8 Å². The van der Waals surface area contributed by atoms with Gasteiger partial charge in [-0.05, 0) is 25.1 Å². The fourth-order valence-electron chi connectivity index (χ4n) is 1.53. The lowest BCUT2D eigenvalue weighted by atomic mass is 10.1. The second-order valence-electron chi connectivity index (χ2n) is 4.45. The highest BCUT2D eigenvalue weighted by Gasteiger charge is 2.32. The first-order valence-electron chi connectivity index (χ1n) is 5.99. The van der Waals surface area contributed by atoms with Gasteiger partial charge < -0.3 is 14.8 Å². The third kappa shape index (κ3) is 5.38. The summed E-state index contributed by atoms with van der Waals surface area (Å²) in [6.45, 7) is 4.42. The predicted molar refractivity (Wildman–Crippen MR) is 66.3 cm³/mol. The normalized spacial score (nSPS) is 13.4. The zero-order chi connectivity index (χ0) is 14.5. The lowest BCUT2D eigenvalue weighted by Gasteiger charge is -2.23. The van der Waals surface area contributed by atoms with Gasteiger partial charge in [0.05, 0.1) is 0 Å². The Labute approximate surface area is 110 Å². The number of hydrogen-bond acceptors (Lipinski definition) is 3. The van der Waals surface area contributed by atoms with Gasteiger partial charge in [-0.3, -0.25) is 0 Å². The highest BCUT2D eigenvalue weighted by Crippen LogP contribution is 2.32. The standard InChI is InChI=1S/C13H18F3NO2/c1-9(2)12(8-17-3)18-10-6-4-5-7-11(10)19-13(14,15)16/h4-7,9,12,17H,8H2,1-3H3. The summed E-state index contributed by atoms with van der Waals surface area (Å²) >= 11 is 0. The first-order valence-corrected chi connectivity index (χ1v) is 5.99. The average molecular weight is 277 g/mol. The average Bonchev–Trinajstić information content (AvgIpc) is 2.28. The molecule has 0 aliphatic carbocycles. The molecule has 0 saturated heterocycles. The Balaban J connectivity index is 2.87. The van der Waals surface area contributed by atoms with E-state index in [4.69, 9.17) is 4.74 Å². The van der Waals surface area contributed by atoms with E-state index in [0.717, 1.165) is 0 Å². The molecule has 0 aliphatic heterocycles. The van der Waals surface area contributed by atoms with E-state index in [1.807, 2.05) is 13.8 Å². The molecular formula is C13H18F3NO2. The monoisotopic (exact) mass is 277 g/mol. The van der Waals surface area contributed by atoms with Crippen LogP contribution in [0.5, 0.6) is 11.5 Å². The van der Waals surface area contributed by atoms with E-state index in [2.05, 4.69) is 10.1 Å². The molecule has 19 heavy (non-hydrogen) atoms. The van der Waals surface area contributed by atoms with E-state index in [1.54, 1.807) is 13.1 Å². The van der Waals surface area contributed by atoms with Crippen LogP contribution in [0.15, 0.2) is 24.3 Å². The highest BCUT2D eigenvalue weighted by atomic mass is 19.4. The number of para-hydroxylation sites is 2. The summed E-state index contributed by atoms with van der Waals surface area (Å²) in [5, 5.41) is 2.95. The highest BCUT2D eigenvalue weighted by molar-refractivity contribution is 5.39. The van der Waals surface area contributed by atoms with Crippen molar-refractivity contribution in [1.82, 2.24) is 5.32 Å². The molecule has 0 radical (unpaired) electrons. The summed E-state index contributed by atoms with van der Waals surface area (Å²) in [5.74, 6) is -0.0723. The van der Waals surface area contributed by atoms with Gasteiger partial charge in [0.1, 0.15) is 6.10 Å². The van der Waals surface area contributed by atoms with Gasteiger partial charge in [0.2, 0.25) is 0 Å². The van der Waals surface area contributed by atoms with Crippen LogP contribution in [-0.4, -0.2) is 26.1 Å². The predicted octanol–water partition coefficient (Wildman–Crippen LogP) is 3.21. The van der Waals surface area contributed by atoms with E-state index in [0.29, 0.717) is 6.54 Å². The van der Waals surface area contributed by atoms with E-state index in [9.17, 15) is 13.2 Å². The summed E-state index contributed by atoms with van der Waals surface area (Å²) < 4.78 is 46.4. The van der Waals surface area contributed by atoms with Crippen LogP contribution in [0.3, 0.4) is 0 Å². The quantitative estimate of drug-likeness (QED) is 0.866. The lowest BCUT2D eigenvalue weighted by molar-refractivity contribution is -0.275. The minimum absolute atomic E-state index is 0.0915. The van der Waals surface area contributed by atoms with Crippen LogP contribution in [0, 0.1) is 5.92 Å². The van der Waals surface area contributed by atoms with Crippen LogP contribution in [0.25, 0.3) is 0 Å². The third-order valence-corrected chi connectivity index (χ3v) is 2.50. The fourth-order valence-corrected chi connectivity index (χ4v) is 1.53. The van der Waals surface area contributed by atoms with Crippen LogP contribution >= 0.6 is 0 Å². The maximum absolute atomic E-state index is 12.3. The Morgan fingerprint density at radius 3 is 2.21 bits per heavy atom. The molecule has 0 aliphatic rings. The van der Waals surface area contributed by atoms with Gasteiger partial charge in [-0.1, -0.05) is 26.0 Å². The molecule has 1 aromatic rings. The van der Waals surface area contributed by atoms with Crippen molar-refractivity contribution in [3.05, 3.63) is 24.3 Å². The Bertz CT molecular complexity index is 394. The van der Waals surface area contributed by atoms with Crippen molar-refractivity contribution in [2.45, 2.75) is 26.3 Å². The van der Waals surface area contributed by atoms with Gasteiger partial charge in [0.25, 0.3) is 0 Å². The third-order valence-electron chi connectivity index (χ3n) is 2.50. The molecule has 0 aromatic heterocycles. The van der Waals surface area contributed by atoms with Crippen molar-refractivity contribution in [3.63, 3.8) is 0 Å². The summed E-state index contributed by atoms with van der Waals surface area (Å²) in [7, 11) is 1.76. The van der Waals surface area contributed by atoms with Gasteiger partial charge in [-0.2, -0.15) is 0 Å². The zero-order valence-electron chi connectivity index (χ0n) is 11.1. The minimum atomic E-state index is -4.73. The van der Waals surface area contributed by atoms with E-state index in [-0.39, 0.29) is 23.5 Å². The molecule has 1 N–H and O–H groups in total. The maximum Gasteiger partial charge on any atom is 0.573 e. The molecule has 0 saturated carbocycles. The number of alkyl halides is 3. The molecule has 3 nitrogen and oxygen atoms in total. The van der Waals surface area contributed by atoms with Crippen molar-refractivity contribution in [2.24, 2.45) is 5.92 Å². The number of rotatable bonds is 6. The van der Waals surface area contributed by atoms with Crippen molar-refractivity contribution >= 4 is 0 Å². The van der Waals surface area contributed by atoms with Gasteiger partial charge in [0, 0.05) is 6.54 Å².